The van der Waals surface area contributed by atoms with Crippen molar-refractivity contribution < 1.29 is 9.90 Å². The number of hydrogen-bond donors (Lipinski definition) is 1. The van der Waals surface area contributed by atoms with E-state index in [0.29, 0.717) is 11.7 Å². The maximum absolute atomic E-state index is 11.7. The van der Waals surface area contributed by atoms with E-state index in [1.165, 1.54) is 25.5 Å². The number of halogens is 1. The lowest BCUT2D eigenvalue weighted by atomic mass is 9.94. The summed E-state index contributed by atoms with van der Waals surface area (Å²) >= 11 is 7.58. The molecular formula is C25H30ClN5O2S. The highest BCUT2D eigenvalue weighted by Crippen LogP contribution is 2.49. The zero-order valence-corrected chi connectivity index (χ0v) is 21.5. The number of tetrazole rings is 1. The number of allylic oxidation sites excluding steroid dienone is 4. The first-order chi connectivity index (χ1) is 16.3. The number of carbonyl (C=O) groups is 1. The maximum atomic E-state index is 11.7. The van der Waals surface area contributed by atoms with Crippen molar-refractivity contribution in [2.24, 2.45) is 7.05 Å². The van der Waals surface area contributed by atoms with Gasteiger partial charge in [-0.3, -0.25) is 4.79 Å². The molecule has 0 saturated carbocycles. The number of carboxylic acid groups (broad SMARTS) is 1. The molecular weight excluding hydrogens is 470 g/mol. The van der Waals surface area contributed by atoms with E-state index in [4.69, 9.17) is 11.6 Å². The Morgan fingerprint density at radius 1 is 1.35 bits per heavy atom. The van der Waals surface area contributed by atoms with E-state index in [1.54, 1.807) is 18.8 Å². The highest BCUT2D eigenvalue weighted by atomic mass is 35.5. The van der Waals surface area contributed by atoms with Gasteiger partial charge < -0.3 is 9.67 Å². The Morgan fingerprint density at radius 3 is 2.76 bits per heavy atom. The van der Waals surface area contributed by atoms with Gasteiger partial charge in [0.1, 0.15) is 0 Å². The number of hydrogen-bond acceptors (Lipinski definition) is 5. The van der Waals surface area contributed by atoms with E-state index in [-0.39, 0.29) is 18.3 Å². The fraction of sp³-hybridized carbons (Fsp3) is 0.440. The van der Waals surface area contributed by atoms with E-state index >= 15 is 0 Å². The quantitative estimate of drug-likeness (QED) is 0.217. The minimum atomic E-state index is -0.760. The van der Waals surface area contributed by atoms with E-state index in [2.05, 4.69) is 58.1 Å². The molecule has 0 radical (unpaired) electrons. The lowest BCUT2D eigenvalue weighted by Gasteiger charge is -2.15. The number of nitrogens with zero attached hydrogens (tertiary/aromatic N) is 5. The van der Waals surface area contributed by atoms with Gasteiger partial charge in [-0.25, -0.2) is 0 Å². The lowest BCUT2D eigenvalue weighted by molar-refractivity contribution is -0.137. The van der Waals surface area contributed by atoms with Crippen LogP contribution in [0.2, 0.25) is 0 Å². The van der Waals surface area contributed by atoms with Crippen LogP contribution in [0.4, 0.5) is 0 Å². The number of benzene rings is 1. The molecule has 0 spiro atoms. The van der Waals surface area contributed by atoms with Crippen LogP contribution in [0.5, 0.6) is 0 Å². The summed E-state index contributed by atoms with van der Waals surface area (Å²) in [6, 6.07) is 4.30. The summed E-state index contributed by atoms with van der Waals surface area (Å²) in [6.45, 7) is 7.23. The Hall–Kier alpha value is -2.58. The Morgan fingerprint density at radius 2 is 2.15 bits per heavy atom. The SMILES string of the molecule is C/C=C(\C/C=C\CCl)Sc1c2n(c3cc(-c4nnn(C)n4)cc(C(C)C)c13)CCC2CC(=O)O. The fourth-order valence-electron chi connectivity index (χ4n) is 4.67. The van der Waals surface area contributed by atoms with Crippen LogP contribution in [0, 0.1) is 0 Å². The molecule has 0 bridgehead atoms. The van der Waals surface area contributed by atoms with Crippen LogP contribution < -0.4 is 0 Å². The summed E-state index contributed by atoms with van der Waals surface area (Å²) in [4.78, 5) is 15.5. The molecule has 34 heavy (non-hydrogen) atoms. The predicted octanol–water partition coefficient (Wildman–Crippen LogP) is 6.10. The van der Waals surface area contributed by atoms with Crippen LogP contribution >= 0.6 is 23.4 Å². The second kappa shape index (κ2) is 10.4. The zero-order chi connectivity index (χ0) is 24.4. The number of aromatic nitrogens is 5. The van der Waals surface area contributed by atoms with Crippen LogP contribution in [0.15, 0.2) is 40.2 Å². The van der Waals surface area contributed by atoms with Gasteiger partial charge >= 0.3 is 5.97 Å². The van der Waals surface area contributed by atoms with Crippen molar-refractivity contribution >= 4 is 40.2 Å². The summed E-state index contributed by atoms with van der Waals surface area (Å²) in [5.41, 5.74) is 4.39. The van der Waals surface area contributed by atoms with Crippen LogP contribution in [0.25, 0.3) is 22.3 Å². The molecule has 1 aliphatic rings. The molecule has 3 heterocycles. The topological polar surface area (TPSA) is 85.8 Å². The molecule has 2 aromatic heterocycles. The van der Waals surface area contributed by atoms with Crippen molar-refractivity contribution in [2.75, 3.05) is 5.88 Å². The molecule has 1 atom stereocenters. The molecule has 3 aromatic rings. The van der Waals surface area contributed by atoms with Gasteiger partial charge in [0.2, 0.25) is 5.82 Å². The molecule has 180 valence electrons. The molecule has 1 aromatic carbocycles. The third-order valence-electron chi connectivity index (χ3n) is 6.22. The Labute approximate surface area is 208 Å². The van der Waals surface area contributed by atoms with Crippen molar-refractivity contribution in [3.8, 4) is 11.4 Å². The average molecular weight is 500 g/mol. The first-order valence-electron chi connectivity index (χ1n) is 11.5. The monoisotopic (exact) mass is 499 g/mol. The summed E-state index contributed by atoms with van der Waals surface area (Å²) in [5, 5.41) is 23.5. The van der Waals surface area contributed by atoms with E-state index in [9.17, 15) is 9.90 Å². The molecule has 0 aliphatic carbocycles. The molecule has 1 aliphatic heterocycles. The highest BCUT2D eigenvalue weighted by molar-refractivity contribution is 8.03. The number of fused-ring (bicyclic) bond motifs is 3. The van der Waals surface area contributed by atoms with Gasteiger partial charge in [-0.2, -0.15) is 4.80 Å². The summed E-state index contributed by atoms with van der Waals surface area (Å²) < 4.78 is 2.32. The Kier molecular flexibility index (Phi) is 7.48. The second-order valence-corrected chi connectivity index (χ2v) is 10.3. The minimum absolute atomic E-state index is 0.0120. The Bertz CT molecular complexity index is 1270. The van der Waals surface area contributed by atoms with Crippen LogP contribution in [0.3, 0.4) is 0 Å². The van der Waals surface area contributed by atoms with Crippen LogP contribution in [0.1, 0.15) is 63.1 Å². The highest BCUT2D eigenvalue weighted by Gasteiger charge is 2.33. The number of aryl methyl sites for hydroxylation is 2. The Balaban J connectivity index is 1.94. The maximum Gasteiger partial charge on any atom is 0.304 e. The van der Waals surface area contributed by atoms with Gasteiger partial charge in [0.05, 0.1) is 19.0 Å². The van der Waals surface area contributed by atoms with Gasteiger partial charge in [0, 0.05) is 39.9 Å². The normalized spacial score (nSPS) is 16.3. The van der Waals surface area contributed by atoms with Crippen molar-refractivity contribution in [2.45, 2.75) is 63.3 Å². The predicted molar refractivity (Wildman–Crippen MR) is 138 cm³/mol. The first kappa shape index (κ1) is 24.5. The molecule has 7 nitrogen and oxygen atoms in total. The summed E-state index contributed by atoms with van der Waals surface area (Å²) in [6.07, 6.45) is 7.93. The van der Waals surface area contributed by atoms with Crippen molar-refractivity contribution in [3.63, 3.8) is 0 Å². The fourth-order valence-corrected chi connectivity index (χ4v) is 6.06. The lowest BCUT2D eigenvalue weighted by Crippen LogP contribution is -2.04. The standard InChI is InChI=1S/C25H30ClN5O2S/c1-5-18(8-6-7-10-26)34-24-22-19(15(2)3)12-17(25-27-29-30(4)28-25)13-20(22)31-11-9-16(23(24)31)14-21(32)33/h5-7,12-13,15-16H,8-11,14H2,1-4H3,(H,32,33)/b7-6-,18-5+. The molecule has 1 unspecified atom stereocenters. The van der Waals surface area contributed by atoms with E-state index in [1.807, 2.05) is 13.0 Å². The number of rotatable bonds is 9. The summed E-state index contributed by atoms with van der Waals surface area (Å²) in [5.74, 6) is 0.580. The third-order valence-corrected chi connectivity index (χ3v) is 7.68. The minimum Gasteiger partial charge on any atom is -0.481 e. The van der Waals surface area contributed by atoms with Crippen LogP contribution in [-0.4, -0.2) is 41.7 Å². The number of thioether (sulfide) groups is 1. The molecule has 0 amide bonds. The van der Waals surface area contributed by atoms with Gasteiger partial charge in [0.15, 0.2) is 0 Å². The smallest absolute Gasteiger partial charge is 0.304 e. The van der Waals surface area contributed by atoms with Gasteiger partial charge in [-0.05, 0) is 53.5 Å². The van der Waals surface area contributed by atoms with Crippen molar-refractivity contribution in [1.82, 2.24) is 24.8 Å². The third kappa shape index (κ3) is 4.79. The molecule has 0 saturated heterocycles. The van der Waals surface area contributed by atoms with Gasteiger partial charge in [-0.1, -0.05) is 43.8 Å². The van der Waals surface area contributed by atoms with Gasteiger partial charge in [0.25, 0.3) is 0 Å². The second-order valence-electron chi connectivity index (χ2n) is 8.85. The van der Waals surface area contributed by atoms with Gasteiger partial charge in [-0.15, -0.1) is 21.8 Å². The molecule has 0 fully saturated rings. The average Bonchev–Trinajstić information content (AvgIpc) is 3.48. The van der Waals surface area contributed by atoms with Crippen molar-refractivity contribution in [3.05, 3.63) is 46.5 Å². The molecule has 9 heteroatoms. The number of alkyl halides is 1. The largest absolute Gasteiger partial charge is 0.481 e. The number of aliphatic carboxylic acids is 1. The zero-order valence-electron chi connectivity index (χ0n) is 20.0. The molecule has 4 rings (SSSR count). The summed E-state index contributed by atoms with van der Waals surface area (Å²) in [7, 11) is 1.76. The molecule has 1 N–H and O–H groups in total. The van der Waals surface area contributed by atoms with Crippen LogP contribution in [-0.2, 0) is 18.4 Å². The first-order valence-corrected chi connectivity index (χ1v) is 12.9. The van der Waals surface area contributed by atoms with E-state index < -0.39 is 5.97 Å². The number of carboxylic acids is 1. The van der Waals surface area contributed by atoms with E-state index in [0.717, 1.165) is 36.2 Å². The van der Waals surface area contributed by atoms with Crippen molar-refractivity contribution in [1.29, 1.82) is 0 Å².